The molecule has 0 rings (SSSR count). The molecule has 1 unspecified atom stereocenters. The summed E-state index contributed by atoms with van der Waals surface area (Å²) in [5.41, 5.74) is 0. The van der Waals surface area contributed by atoms with Crippen molar-refractivity contribution in [1.29, 1.82) is 0 Å². The lowest BCUT2D eigenvalue weighted by atomic mass is 10.5. The number of carbonyl (C=O) groups excluding carboxylic acids is 1. The number of likely N-dealkylation sites (N-methyl/N-ethyl adjacent to an activating group) is 2. The van der Waals surface area contributed by atoms with Gasteiger partial charge in [-0.1, -0.05) is 0 Å². The van der Waals surface area contributed by atoms with E-state index in [4.69, 9.17) is 5.21 Å². The fraction of sp³-hybridized carbons (Fsp3) is 0.875. The van der Waals surface area contributed by atoms with E-state index in [-0.39, 0.29) is 12.3 Å². The van der Waals surface area contributed by atoms with Crippen LogP contribution in [-0.2, 0) is 9.36 Å². The van der Waals surface area contributed by atoms with Crippen LogP contribution in [0.3, 0.4) is 0 Å². The van der Waals surface area contributed by atoms with Crippen LogP contribution in [0.1, 0.15) is 6.92 Å². The van der Waals surface area contributed by atoms with Crippen molar-refractivity contribution >= 4 is 13.0 Å². The minimum atomic E-state index is -2.23. The molecule has 84 valence electrons. The Morgan fingerprint density at radius 2 is 1.86 bits per heavy atom. The largest absolute Gasteiger partial charge is 0.323 e. The molecule has 0 heterocycles. The summed E-state index contributed by atoms with van der Waals surface area (Å²) in [5.74, 6) is -0.570. The van der Waals surface area contributed by atoms with Gasteiger partial charge < -0.3 is 4.57 Å². The monoisotopic (exact) mass is 222 g/mol. The Labute approximate surface area is 85.0 Å². The van der Waals surface area contributed by atoms with E-state index in [9.17, 15) is 9.36 Å². The summed E-state index contributed by atoms with van der Waals surface area (Å²) in [4.78, 5) is 12.8. The highest BCUT2D eigenvalue weighted by Crippen LogP contribution is 2.43. The first kappa shape index (κ1) is 13.6. The minimum Gasteiger partial charge on any atom is -0.323 e. The van der Waals surface area contributed by atoms with Gasteiger partial charge in [0.2, 0.25) is 0 Å². The van der Waals surface area contributed by atoms with E-state index >= 15 is 0 Å². The molecule has 0 radical (unpaired) electrons. The Morgan fingerprint density at radius 3 is 2.14 bits per heavy atom. The lowest BCUT2D eigenvalue weighted by Gasteiger charge is -2.27. The average molecular weight is 222 g/mol. The quantitative estimate of drug-likeness (QED) is 0.433. The Kier molecular flexibility index (Phi) is 4.78. The number of rotatable bonds is 4. The first-order valence-corrected chi connectivity index (χ1v) is 7.03. The lowest BCUT2D eigenvalue weighted by Crippen LogP contribution is -2.38. The number of hydroxylamine groups is 2. The van der Waals surface area contributed by atoms with Crippen molar-refractivity contribution in [3.05, 3.63) is 0 Å². The molecule has 6 heteroatoms. The SMILES string of the molecule is CC(N(C)CC(=O)N(C)O)P(C)(C)=O. The van der Waals surface area contributed by atoms with E-state index in [1.165, 1.54) is 7.05 Å². The fourth-order valence-electron chi connectivity index (χ4n) is 0.923. The van der Waals surface area contributed by atoms with Crippen LogP contribution in [0.5, 0.6) is 0 Å². The van der Waals surface area contributed by atoms with E-state index in [1.807, 2.05) is 6.92 Å². The van der Waals surface area contributed by atoms with Crippen LogP contribution in [0.4, 0.5) is 0 Å². The molecule has 0 aliphatic carbocycles. The van der Waals surface area contributed by atoms with E-state index < -0.39 is 13.0 Å². The number of nitrogens with zero attached hydrogens (tertiary/aromatic N) is 2. The summed E-state index contributed by atoms with van der Waals surface area (Å²) in [5, 5.41) is 9.38. The number of amides is 1. The van der Waals surface area contributed by atoms with E-state index in [0.717, 1.165) is 0 Å². The molecule has 0 fully saturated rings. The molecule has 1 atom stereocenters. The molecule has 0 bridgehead atoms. The summed E-state index contributed by atoms with van der Waals surface area (Å²) >= 11 is 0. The average Bonchev–Trinajstić information content (AvgIpc) is 2.00. The molecule has 0 aromatic heterocycles. The standard InChI is InChI=1S/C8H19N2O3P/c1-7(14(4,5)13)9(2)6-8(11)10(3)12/h7,12H,6H2,1-5H3. The van der Waals surface area contributed by atoms with Crippen LogP contribution < -0.4 is 0 Å². The fourth-order valence-corrected chi connectivity index (χ4v) is 1.95. The van der Waals surface area contributed by atoms with Gasteiger partial charge in [0.1, 0.15) is 0 Å². The smallest absolute Gasteiger partial charge is 0.259 e. The van der Waals surface area contributed by atoms with Crippen LogP contribution in [0.2, 0.25) is 0 Å². The molecular weight excluding hydrogens is 203 g/mol. The van der Waals surface area contributed by atoms with E-state index in [2.05, 4.69) is 0 Å². The number of hydrogen-bond acceptors (Lipinski definition) is 4. The van der Waals surface area contributed by atoms with Crippen LogP contribution in [-0.4, -0.2) is 60.8 Å². The van der Waals surface area contributed by atoms with Crippen molar-refractivity contribution in [1.82, 2.24) is 9.96 Å². The lowest BCUT2D eigenvalue weighted by molar-refractivity contribution is -0.160. The predicted octanol–water partition coefficient (Wildman–Crippen LogP) is 0.734. The van der Waals surface area contributed by atoms with E-state index in [1.54, 1.807) is 25.3 Å². The predicted molar refractivity (Wildman–Crippen MR) is 56.1 cm³/mol. The molecule has 0 aliphatic heterocycles. The van der Waals surface area contributed by atoms with Crippen molar-refractivity contribution in [2.24, 2.45) is 0 Å². The maximum Gasteiger partial charge on any atom is 0.259 e. The third-order valence-corrected chi connectivity index (χ3v) is 4.48. The summed E-state index contributed by atoms with van der Waals surface area (Å²) in [6, 6.07) is 0. The molecule has 0 aromatic carbocycles. The second-order valence-corrected chi connectivity index (χ2v) is 7.51. The van der Waals surface area contributed by atoms with Gasteiger partial charge in [-0.25, -0.2) is 5.06 Å². The maximum absolute atomic E-state index is 11.7. The molecule has 1 amide bonds. The summed E-state index contributed by atoms with van der Waals surface area (Å²) < 4.78 is 11.7. The van der Waals surface area contributed by atoms with E-state index in [0.29, 0.717) is 5.06 Å². The third-order valence-electron chi connectivity index (χ3n) is 2.28. The van der Waals surface area contributed by atoms with Crippen molar-refractivity contribution in [2.45, 2.75) is 12.7 Å². The Morgan fingerprint density at radius 1 is 1.43 bits per heavy atom. The summed E-state index contributed by atoms with van der Waals surface area (Å²) in [7, 11) is 0.764. The first-order chi connectivity index (χ1) is 6.16. The Balaban J connectivity index is 4.29. The normalized spacial score (nSPS) is 14.2. The molecule has 14 heavy (non-hydrogen) atoms. The van der Waals surface area contributed by atoms with Crippen molar-refractivity contribution in [3.8, 4) is 0 Å². The molecule has 1 N–H and O–H groups in total. The van der Waals surface area contributed by atoms with Gasteiger partial charge in [-0.05, 0) is 27.3 Å². The van der Waals surface area contributed by atoms with Gasteiger partial charge in [0.05, 0.1) is 19.5 Å². The number of hydrogen-bond donors (Lipinski definition) is 1. The summed E-state index contributed by atoms with van der Waals surface area (Å²) in [6.07, 6.45) is 0. The van der Waals surface area contributed by atoms with Crippen LogP contribution in [0.25, 0.3) is 0 Å². The van der Waals surface area contributed by atoms with Crippen LogP contribution >= 0.6 is 7.14 Å². The minimum absolute atomic E-state index is 0.0693. The Bertz CT molecular complexity index is 249. The van der Waals surface area contributed by atoms with Gasteiger partial charge in [-0.3, -0.25) is 14.9 Å². The zero-order valence-electron chi connectivity index (χ0n) is 9.39. The number of carbonyl (C=O) groups is 1. The molecule has 0 saturated heterocycles. The molecule has 5 nitrogen and oxygen atoms in total. The van der Waals surface area contributed by atoms with Gasteiger partial charge in [-0.2, -0.15) is 0 Å². The highest BCUT2D eigenvalue weighted by molar-refractivity contribution is 7.62. The first-order valence-electron chi connectivity index (χ1n) is 4.36. The molecule has 0 aromatic rings. The third kappa shape index (κ3) is 4.22. The molecule has 0 aliphatic rings. The zero-order valence-corrected chi connectivity index (χ0v) is 10.3. The molecule has 0 saturated carbocycles. The molecular formula is C8H19N2O3P. The maximum atomic E-state index is 11.7. The Hall–Kier alpha value is -0.380. The van der Waals surface area contributed by atoms with Crippen molar-refractivity contribution in [3.63, 3.8) is 0 Å². The molecule has 0 spiro atoms. The van der Waals surface area contributed by atoms with Crippen LogP contribution in [0.15, 0.2) is 0 Å². The second kappa shape index (κ2) is 4.91. The van der Waals surface area contributed by atoms with Crippen molar-refractivity contribution in [2.75, 3.05) is 34.0 Å². The van der Waals surface area contributed by atoms with Crippen LogP contribution in [0, 0.1) is 0 Å². The zero-order chi connectivity index (χ0) is 11.5. The topological polar surface area (TPSA) is 60.9 Å². The van der Waals surface area contributed by atoms with Gasteiger partial charge in [0.25, 0.3) is 5.91 Å². The highest BCUT2D eigenvalue weighted by Gasteiger charge is 2.24. The van der Waals surface area contributed by atoms with Crippen molar-refractivity contribution < 1.29 is 14.6 Å². The highest BCUT2D eigenvalue weighted by atomic mass is 31.2. The summed E-state index contributed by atoms with van der Waals surface area (Å²) in [6.45, 7) is 5.24. The van der Waals surface area contributed by atoms with Gasteiger partial charge in [0.15, 0.2) is 0 Å². The van der Waals surface area contributed by atoms with Gasteiger partial charge in [-0.15, -0.1) is 0 Å². The van der Waals surface area contributed by atoms with Gasteiger partial charge in [0, 0.05) is 7.05 Å². The van der Waals surface area contributed by atoms with Gasteiger partial charge >= 0.3 is 0 Å². The second-order valence-electron chi connectivity index (χ2n) is 3.90.